The number of amides is 4. The van der Waals surface area contributed by atoms with Crippen molar-refractivity contribution in [2.24, 2.45) is 0 Å². The minimum absolute atomic E-state index is 0.167. The van der Waals surface area contributed by atoms with E-state index < -0.39 is 0 Å². The molecule has 226 valence electrons. The Hall–Kier alpha value is -3.36. The molecule has 2 aromatic rings. The minimum atomic E-state index is -0.167. The molecule has 0 aliphatic carbocycles. The molecular formula is C34H46N4O4. The topological polar surface area (TPSA) is 98.8 Å². The molecular weight excluding hydrogens is 528 g/mol. The zero-order valence-electron chi connectivity index (χ0n) is 24.9. The van der Waals surface area contributed by atoms with Crippen LogP contribution in [0.2, 0.25) is 0 Å². The molecule has 0 fully saturated rings. The van der Waals surface area contributed by atoms with Crippen molar-refractivity contribution in [3.8, 4) is 0 Å². The number of fused-ring (bicyclic) bond motifs is 2. The zero-order valence-corrected chi connectivity index (χ0v) is 24.9. The van der Waals surface area contributed by atoms with Gasteiger partial charge in [-0.1, -0.05) is 75.6 Å². The van der Waals surface area contributed by atoms with Crippen LogP contribution in [0.1, 0.15) is 118 Å². The molecule has 0 saturated heterocycles. The molecule has 42 heavy (non-hydrogen) atoms. The molecule has 0 spiro atoms. The first-order valence-corrected chi connectivity index (χ1v) is 15.9. The second-order valence-electron chi connectivity index (χ2n) is 11.4. The number of imide groups is 2. The Balaban J connectivity index is 0.867. The maximum absolute atomic E-state index is 12.4. The van der Waals surface area contributed by atoms with E-state index in [0.717, 1.165) is 51.9 Å². The number of nitrogens with zero attached hydrogens (tertiary/aromatic N) is 2. The molecule has 8 nitrogen and oxygen atoms in total. The maximum atomic E-state index is 12.4. The first-order valence-electron chi connectivity index (χ1n) is 15.9. The van der Waals surface area contributed by atoms with Gasteiger partial charge in [0.1, 0.15) is 0 Å². The summed E-state index contributed by atoms with van der Waals surface area (Å²) in [6.07, 6.45) is 14.1. The fraction of sp³-hybridized carbons (Fsp3) is 0.529. The Morgan fingerprint density at radius 2 is 0.643 bits per heavy atom. The van der Waals surface area contributed by atoms with E-state index in [1.54, 1.807) is 48.5 Å². The van der Waals surface area contributed by atoms with Crippen molar-refractivity contribution < 1.29 is 19.2 Å². The van der Waals surface area contributed by atoms with Crippen LogP contribution in [-0.4, -0.2) is 72.7 Å². The van der Waals surface area contributed by atoms with Gasteiger partial charge in [0, 0.05) is 13.1 Å². The van der Waals surface area contributed by atoms with Gasteiger partial charge in [-0.3, -0.25) is 29.0 Å². The molecule has 0 saturated carbocycles. The Kier molecular flexibility index (Phi) is 12.7. The van der Waals surface area contributed by atoms with Crippen LogP contribution < -0.4 is 10.6 Å². The van der Waals surface area contributed by atoms with Gasteiger partial charge in [0.15, 0.2) is 0 Å². The normalized spacial score (nSPS) is 14.3. The summed E-state index contributed by atoms with van der Waals surface area (Å²) >= 11 is 0. The Morgan fingerprint density at radius 3 is 0.952 bits per heavy atom. The maximum Gasteiger partial charge on any atom is 0.261 e. The number of benzene rings is 2. The molecule has 0 unspecified atom stereocenters. The van der Waals surface area contributed by atoms with Crippen LogP contribution >= 0.6 is 0 Å². The lowest BCUT2D eigenvalue weighted by Crippen LogP contribution is -2.32. The molecule has 0 atom stereocenters. The van der Waals surface area contributed by atoms with Gasteiger partial charge in [0.2, 0.25) is 0 Å². The Bertz CT molecular complexity index is 1050. The smallest absolute Gasteiger partial charge is 0.261 e. The van der Waals surface area contributed by atoms with Crippen molar-refractivity contribution in [3.63, 3.8) is 0 Å². The van der Waals surface area contributed by atoms with Crippen LogP contribution in [0.4, 0.5) is 0 Å². The van der Waals surface area contributed by atoms with Gasteiger partial charge in [0.25, 0.3) is 23.6 Å². The van der Waals surface area contributed by atoms with Crippen LogP contribution in [0.15, 0.2) is 48.5 Å². The SMILES string of the molecule is O=C1c2ccccc2C(=O)N1CCCNCCCCCCCCCCCCNCCCN1C(=O)c2ccccc2C1=O. The fourth-order valence-corrected chi connectivity index (χ4v) is 5.77. The van der Waals surface area contributed by atoms with Crippen LogP contribution in [0.25, 0.3) is 0 Å². The van der Waals surface area contributed by atoms with E-state index in [1.807, 2.05) is 0 Å². The lowest BCUT2D eigenvalue weighted by molar-refractivity contribution is 0.0637. The summed E-state index contributed by atoms with van der Waals surface area (Å²) in [4.78, 5) is 52.2. The number of carbonyl (C=O) groups is 4. The molecule has 0 aromatic heterocycles. The largest absolute Gasteiger partial charge is 0.317 e. The first-order chi connectivity index (χ1) is 20.6. The van der Waals surface area contributed by atoms with E-state index in [2.05, 4.69) is 10.6 Å². The number of hydrogen-bond donors (Lipinski definition) is 2. The number of unbranched alkanes of at least 4 members (excludes halogenated alkanes) is 9. The third-order valence-corrected chi connectivity index (χ3v) is 8.18. The summed E-state index contributed by atoms with van der Waals surface area (Å²) in [7, 11) is 0. The molecule has 2 N–H and O–H groups in total. The molecule has 8 heteroatoms. The number of carbonyl (C=O) groups excluding carboxylic acids is 4. The molecule has 0 radical (unpaired) electrons. The van der Waals surface area contributed by atoms with Gasteiger partial charge < -0.3 is 10.6 Å². The second kappa shape index (κ2) is 16.9. The number of hydrogen-bond acceptors (Lipinski definition) is 6. The van der Waals surface area contributed by atoms with Crippen LogP contribution in [-0.2, 0) is 0 Å². The quantitative estimate of drug-likeness (QED) is 0.152. The highest BCUT2D eigenvalue weighted by Crippen LogP contribution is 2.23. The van der Waals surface area contributed by atoms with E-state index >= 15 is 0 Å². The molecule has 2 aromatic carbocycles. The first kappa shape index (κ1) is 31.6. The Morgan fingerprint density at radius 1 is 0.381 bits per heavy atom. The molecule has 4 amide bonds. The standard InChI is InChI=1S/C34H46N4O4/c39-31-27-17-9-10-18-28(27)32(40)37(31)25-15-23-35-21-13-7-5-3-1-2-4-6-8-14-22-36-24-16-26-38-33(41)29-19-11-12-20-30(29)34(38)42/h9-12,17-20,35-36H,1-8,13-16,21-26H2. The van der Waals surface area contributed by atoms with Gasteiger partial charge in [-0.25, -0.2) is 0 Å². The van der Waals surface area contributed by atoms with Crippen LogP contribution in [0, 0.1) is 0 Å². The van der Waals surface area contributed by atoms with Crippen molar-refractivity contribution in [3.05, 3.63) is 70.8 Å². The summed E-state index contributed by atoms with van der Waals surface area (Å²) < 4.78 is 0. The van der Waals surface area contributed by atoms with E-state index in [1.165, 1.54) is 61.2 Å². The summed E-state index contributed by atoms with van der Waals surface area (Å²) in [5.74, 6) is -0.668. The molecule has 2 aliphatic heterocycles. The lowest BCUT2D eigenvalue weighted by atomic mass is 10.1. The van der Waals surface area contributed by atoms with Crippen molar-refractivity contribution in [1.82, 2.24) is 20.4 Å². The number of rotatable bonds is 21. The monoisotopic (exact) mass is 574 g/mol. The lowest BCUT2D eigenvalue weighted by Gasteiger charge is -2.13. The third-order valence-electron chi connectivity index (χ3n) is 8.18. The highest BCUT2D eigenvalue weighted by atomic mass is 16.2. The van der Waals surface area contributed by atoms with Gasteiger partial charge in [-0.05, 0) is 76.1 Å². The van der Waals surface area contributed by atoms with Crippen molar-refractivity contribution in [2.45, 2.75) is 77.0 Å². The minimum Gasteiger partial charge on any atom is -0.317 e. The summed E-state index contributed by atoms with van der Waals surface area (Å²) in [5.41, 5.74) is 2.10. The van der Waals surface area contributed by atoms with Crippen molar-refractivity contribution >= 4 is 23.6 Å². The van der Waals surface area contributed by atoms with Gasteiger partial charge in [0.05, 0.1) is 22.3 Å². The molecule has 4 rings (SSSR count). The fourth-order valence-electron chi connectivity index (χ4n) is 5.77. The number of nitrogens with one attached hydrogen (secondary N) is 2. The van der Waals surface area contributed by atoms with Gasteiger partial charge in [-0.2, -0.15) is 0 Å². The predicted molar refractivity (Wildman–Crippen MR) is 165 cm³/mol. The average Bonchev–Trinajstić information content (AvgIpc) is 3.40. The van der Waals surface area contributed by atoms with Crippen LogP contribution in [0.3, 0.4) is 0 Å². The third kappa shape index (κ3) is 8.58. The summed E-state index contributed by atoms with van der Waals surface area (Å²) in [5, 5.41) is 6.89. The van der Waals surface area contributed by atoms with E-state index in [0.29, 0.717) is 35.3 Å². The van der Waals surface area contributed by atoms with Gasteiger partial charge in [-0.15, -0.1) is 0 Å². The Labute approximate surface area is 250 Å². The van der Waals surface area contributed by atoms with Crippen LogP contribution in [0.5, 0.6) is 0 Å². The predicted octanol–water partition coefficient (Wildman–Crippen LogP) is 5.44. The summed E-state index contributed by atoms with van der Waals surface area (Å²) in [6.45, 7) is 4.55. The van der Waals surface area contributed by atoms with Gasteiger partial charge >= 0.3 is 0 Å². The van der Waals surface area contributed by atoms with E-state index in [4.69, 9.17) is 0 Å². The van der Waals surface area contributed by atoms with E-state index in [9.17, 15) is 19.2 Å². The molecule has 2 heterocycles. The van der Waals surface area contributed by atoms with E-state index in [-0.39, 0.29) is 23.6 Å². The van der Waals surface area contributed by atoms with Crippen molar-refractivity contribution in [1.29, 1.82) is 0 Å². The second-order valence-corrected chi connectivity index (χ2v) is 11.4. The van der Waals surface area contributed by atoms with Crippen molar-refractivity contribution in [2.75, 3.05) is 39.3 Å². The highest BCUT2D eigenvalue weighted by molar-refractivity contribution is 6.22. The highest BCUT2D eigenvalue weighted by Gasteiger charge is 2.35. The molecule has 0 bridgehead atoms. The zero-order chi connectivity index (χ0) is 29.6. The average molecular weight is 575 g/mol. The summed E-state index contributed by atoms with van der Waals surface area (Å²) in [6, 6.07) is 14.1. The molecule has 2 aliphatic rings.